The second-order valence-corrected chi connectivity index (χ2v) is 7.78. The van der Waals surface area contributed by atoms with Crippen molar-refractivity contribution in [2.24, 2.45) is 0 Å². The van der Waals surface area contributed by atoms with Crippen molar-refractivity contribution in [3.63, 3.8) is 0 Å². The van der Waals surface area contributed by atoms with Gasteiger partial charge in [0.25, 0.3) is 0 Å². The molecule has 6 nitrogen and oxygen atoms in total. The van der Waals surface area contributed by atoms with E-state index in [-0.39, 0.29) is 6.03 Å². The highest BCUT2D eigenvalue weighted by Gasteiger charge is 2.25. The van der Waals surface area contributed by atoms with Crippen molar-refractivity contribution in [2.45, 2.75) is 51.5 Å². The lowest BCUT2D eigenvalue weighted by molar-refractivity contribution is 0.188. The molecule has 1 saturated carbocycles. The summed E-state index contributed by atoms with van der Waals surface area (Å²) in [5, 5.41) is 13.1. The molecule has 1 aromatic rings. The number of amides is 2. The van der Waals surface area contributed by atoms with Gasteiger partial charge in [-0.3, -0.25) is 4.90 Å². The van der Waals surface area contributed by atoms with E-state index < -0.39 is 0 Å². The summed E-state index contributed by atoms with van der Waals surface area (Å²) >= 11 is 1.60. The highest BCUT2D eigenvalue weighted by molar-refractivity contribution is 7.11. The molecule has 0 aromatic carbocycles. The van der Waals surface area contributed by atoms with Crippen LogP contribution < -0.4 is 5.32 Å². The molecule has 0 atom stereocenters. The fourth-order valence-electron chi connectivity index (χ4n) is 3.60. The summed E-state index contributed by atoms with van der Waals surface area (Å²) in [6, 6.07) is 0.832. The number of rotatable bonds is 4. The Morgan fingerprint density at radius 1 is 1.17 bits per heavy atom. The second-order valence-electron chi connectivity index (χ2n) is 6.51. The van der Waals surface area contributed by atoms with Crippen LogP contribution in [0.3, 0.4) is 0 Å². The van der Waals surface area contributed by atoms with Gasteiger partial charge in [0.15, 0.2) is 0 Å². The molecule has 2 aliphatic rings. The molecule has 3 rings (SSSR count). The average Bonchev–Trinajstić information content (AvgIpc) is 3.14. The largest absolute Gasteiger partial charge is 0.338 e. The first-order valence-electron chi connectivity index (χ1n) is 8.78. The number of aromatic nitrogens is 2. The third-order valence-corrected chi connectivity index (χ3v) is 5.74. The van der Waals surface area contributed by atoms with Gasteiger partial charge in [-0.25, -0.2) is 4.79 Å². The fourth-order valence-corrected chi connectivity index (χ4v) is 4.31. The van der Waals surface area contributed by atoms with E-state index in [1.165, 1.54) is 25.7 Å². The van der Waals surface area contributed by atoms with E-state index in [1.807, 2.05) is 11.8 Å². The zero-order valence-corrected chi connectivity index (χ0v) is 14.8. The van der Waals surface area contributed by atoms with E-state index in [4.69, 9.17) is 0 Å². The maximum Gasteiger partial charge on any atom is 0.317 e. The SMILES string of the molecule is Cc1nnc(CCNC(=O)N2CCCN(C3CCCC3)CC2)s1. The Labute approximate surface area is 142 Å². The number of carbonyl (C=O) groups is 1. The van der Waals surface area contributed by atoms with Gasteiger partial charge < -0.3 is 10.2 Å². The summed E-state index contributed by atoms with van der Waals surface area (Å²) in [6.07, 6.45) is 7.27. The molecule has 0 unspecified atom stereocenters. The topological polar surface area (TPSA) is 61.4 Å². The number of hydrogen-bond donors (Lipinski definition) is 1. The van der Waals surface area contributed by atoms with Gasteiger partial charge >= 0.3 is 6.03 Å². The van der Waals surface area contributed by atoms with E-state index >= 15 is 0 Å². The molecule has 1 aliphatic heterocycles. The average molecular weight is 337 g/mol. The van der Waals surface area contributed by atoms with E-state index in [0.29, 0.717) is 6.54 Å². The van der Waals surface area contributed by atoms with Crippen LogP contribution in [-0.2, 0) is 6.42 Å². The molecule has 2 fully saturated rings. The quantitative estimate of drug-likeness (QED) is 0.913. The van der Waals surface area contributed by atoms with Crippen molar-refractivity contribution in [1.29, 1.82) is 0 Å². The molecule has 0 bridgehead atoms. The van der Waals surface area contributed by atoms with Gasteiger partial charge in [0.2, 0.25) is 0 Å². The first-order valence-corrected chi connectivity index (χ1v) is 9.60. The number of aryl methyl sites for hydroxylation is 1. The number of hydrogen-bond acceptors (Lipinski definition) is 5. The summed E-state index contributed by atoms with van der Waals surface area (Å²) in [5.74, 6) is 0. The second kappa shape index (κ2) is 8.06. The summed E-state index contributed by atoms with van der Waals surface area (Å²) in [5.41, 5.74) is 0. The Bertz CT molecular complexity index is 514. The van der Waals surface area contributed by atoms with Crippen LogP contribution in [0.4, 0.5) is 4.79 Å². The van der Waals surface area contributed by atoms with Crippen molar-refractivity contribution < 1.29 is 4.79 Å². The zero-order valence-electron chi connectivity index (χ0n) is 14.0. The maximum atomic E-state index is 12.3. The first kappa shape index (κ1) is 16.6. The van der Waals surface area contributed by atoms with Crippen LogP contribution in [0.1, 0.15) is 42.1 Å². The molecule has 2 amide bonds. The minimum Gasteiger partial charge on any atom is -0.338 e. The molecular formula is C16H27N5OS. The number of nitrogens with zero attached hydrogens (tertiary/aromatic N) is 4. The lowest BCUT2D eigenvalue weighted by Crippen LogP contribution is -2.43. The number of nitrogens with one attached hydrogen (secondary N) is 1. The van der Waals surface area contributed by atoms with Gasteiger partial charge in [0.1, 0.15) is 10.0 Å². The Morgan fingerprint density at radius 3 is 2.74 bits per heavy atom. The van der Waals surface area contributed by atoms with Crippen molar-refractivity contribution in [1.82, 2.24) is 25.3 Å². The molecule has 1 aromatic heterocycles. The molecule has 1 saturated heterocycles. The lowest BCUT2D eigenvalue weighted by Gasteiger charge is -2.27. The highest BCUT2D eigenvalue weighted by Crippen LogP contribution is 2.24. The molecule has 7 heteroatoms. The van der Waals surface area contributed by atoms with Crippen molar-refractivity contribution in [2.75, 3.05) is 32.7 Å². The molecule has 0 radical (unpaired) electrons. The van der Waals surface area contributed by atoms with Gasteiger partial charge in [-0.15, -0.1) is 21.5 Å². The molecule has 128 valence electrons. The fraction of sp³-hybridized carbons (Fsp3) is 0.812. The van der Waals surface area contributed by atoms with E-state index in [0.717, 1.165) is 55.1 Å². The minimum absolute atomic E-state index is 0.0690. The molecule has 23 heavy (non-hydrogen) atoms. The first-order chi connectivity index (χ1) is 11.2. The zero-order chi connectivity index (χ0) is 16.1. The lowest BCUT2D eigenvalue weighted by atomic mass is 10.2. The maximum absolute atomic E-state index is 12.3. The summed E-state index contributed by atoms with van der Waals surface area (Å²) in [4.78, 5) is 16.9. The van der Waals surface area contributed by atoms with Crippen LogP contribution in [-0.4, -0.2) is 64.8 Å². The standard InChI is InChI=1S/C16H27N5OS/c1-13-18-19-15(23-13)7-8-17-16(22)21-10-4-9-20(11-12-21)14-5-2-3-6-14/h14H,2-12H2,1H3,(H,17,22). The van der Waals surface area contributed by atoms with Gasteiger partial charge in [-0.2, -0.15) is 0 Å². The van der Waals surface area contributed by atoms with Crippen LogP contribution in [0, 0.1) is 6.92 Å². The van der Waals surface area contributed by atoms with Crippen LogP contribution in [0.2, 0.25) is 0 Å². The molecule has 0 spiro atoms. The smallest absolute Gasteiger partial charge is 0.317 e. The van der Waals surface area contributed by atoms with E-state index in [2.05, 4.69) is 20.4 Å². The normalized spacial score (nSPS) is 20.7. The van der Waals surface area contributed by atoms with Crippen LogP contribution in [0.25, 0.3) is 0 Å². The number of carbonyl (C=O) groups excluding carboxylic acids is 1. The van der Waals surface area contributed by atoms with Crippen molar-refractivity contribution in [3.8, 4) is 0 Å². The predicted molar refractivity (Wildman–Crippen MR) is 91.8 cm³/mol. The van der Waals surface area contributed by atoms with Gasteiger partial charge in [0, 0.05) is 45.2 Å². The van der Waals surface area contributed by atoms with Gasteiger partial charge in [-0.05, 0) is 26.2 Å². The monoisotopic (exact) mass is 337 g/mol. The number of urea groups is 1. The predicted octanol–water partition coefficient (Wildman–Crippen LogP) is 2.05. The van der Waals surface area contributed by atoms with Gasteiger partial charge in [-0.1, -0.05) is 12.8 Å². The Kier molecular flexibility index (Phi) is 5.83. The summed E-state index contributed by atoms with van der Waals surface area (Å²) < 4.78 is 0. The Hall–Kier alpha value is -1.21. The third kappa shape index (κ3) is 4.64. The van der Waals surface area contributed by atoms with Crippen molar-refractivity contribution >= 4 is 17.4 Å². The van der Waals surface area contributed by atoms with Gasteiger partial charge in [0.05, 0.1) is 0 Å². The Morgan fingerprint density at radius 2 is 2.00 bits per heavy atom. The molecule has 2 heterocycles. The van der Waals surface area contributed by atoms with Crippen LogP contribution in [0.5, 0.6) is 0 Å². The highest BCUT2D eigenvalue weighted by atomic mass is 32.1. The summed E-state index contributed by atoms with van der Waals surface area (Å²) in [6.45, 7) is 6.46. The van der Waals surface area contributed by atoms with E-state index in [9.17, 15) is 4.79 Å². The Balaban J connectivity index is 1.40. The molecular weight excluding hydrogens is 310 g/mol. The van der Waals surface area contributed by atoms with Crippen LogP contribution >= 0.6 is 11.3 Å². The molecule has 1 aliphatic carbocycles. The van der Waals surface area contributed by atoms with E-state index in [1.54, 1.807) is 11.3 Å². The van der Waals surface area contributed by atoms with Crippen LogP contribution in [0.15, 0.2) is 0 Å². The molecule has 1 N–H and O–H groups in total. The summed E-state index contributed by atoms with van der Waals surface area (Å²) in [7, 11) is 0. The van der Waals surface area contributed by atoms with Crippen molar-refractivity contribution in [3.05, 3.63) is 10.0 Å². The third-order valence-electron chi connectivity index (χ3n) is 4.84. The minimum atomic E-state index is 0.0690.